The highest BCUT2D eigenvalue weighted by Gasteiger charge is 2.01. The van der Waals surface area contributed by atoms with Gasteiger partial charge in [-0.3, -0.25) is 0 Å². The van der Waals surface area contributed by atoms with Crippen molar-refractivity contribution in [2.45, 2.75) is 19.8 Å². The van der Waals surface area contributed by atoms with Gasteiger partial charge >= 0.3 is 0 Å². The molecule has 0 saturated carbocycles. The summed E-state index contributed by atoms with van der Waals surface area (Å²) in [5.74, 6) is 1.24. The molecule has 0 aliphatic carbocycles. The molecule has 0 fully saturated rings. The van der Waals surface area contributed by atoms with Gasteiger partial charge in [0.1, 0.15) is 0 Å². The Morgan fingerprint density at radius 1 is 1.12 bits per heavy atom. The Bertz CT molecular complexity index is 489. The summed E-state index contributed by atoms with van der Waals surface area (Å²) in [7, 11) is 0. The molecule has 0 aliphatic heterocycles. The van der Waals surface area contributed by atoms with Crippen molar-refractivity contribution in [2.75, 3.05) is 11.1 Å². The Hall–Kier alpha value is -2.03. The second kappa shape index (κ2) is 4.87. The summed E-state index contributed by atoms with van der Waals surface area (Å²) in [5, 5.41) is 3.20. The predicted molar refractivity (Wildman–Crippen MR) is 72.5 cm³/mol. The molecule has 0 spiro atoms. The molecule has 1 heterocycles. The molecular formula is C14H17N3. The number of nitrogens with zero attached hydrogens (tertiary/aromatic N) is 1. The minimum Gasteiger partial charge on any atom is -0.396 e. The number of aromatic nitrogens is 1. The summed E-state index contributed by atoms with van der Waals surface area (Å²) >= 11 is 0. The van der Waals surface area contributed by atoms with Crippen LogP contribution in [0.2, 0.25) is 0 Å². The molecule has 17 heavy (non-hydrogen) atoms. The number of benzene rings is 1. The lowest BCUT2D eigenvalue weighted by atomic mass is 10.0. The number of nitrogens with two attached hydrogens (primary N) is 1. The third-order valence-electron chi connectivity index (χ3n) is 2.68. The largest absolute Gasteiger partial charge is 0.396 e. The zero-order valence-corrected chi connectivity index (χ0v) is 10.1. The highest BCUT2D eigenvalue weighted by Crippen LogP contribution is 2.22. The van der Waals surface area contributed by atoms with Gasteiger partial charge in [-0.1, -0.05) is 26.0 Å². The van der Waals surface area contributed by atoms with Crippen LogP contribution in [0.15, 0.2) is 42.6 Å². The van der Waals surface area contributed by atoms with Gasteiger partial charge in [0.05, 0.1) is 5.69 Å². The summed E-state index contributed by atoms with van der Waals surface area (Å²) in [5.41, 5.74) is 8.80. The highest BCUT2D eigenvalue weighted by molar-refractivity contribution is 5.68. The lowest BCUT2D eigenvalue weighted by Gasteiger charge is -2.09. The molecular weight excluding hydrogens is 210 g/mol. The molecule has 0 bridgehead atoms. The van der Waals surface area contributed by atoms with Crippen molar-refractivity contribution in [3.05, 3.63) is 48.2 Å². The first-order valence-corrected chi connectivity index (χ1v) is 5.74. The zero-order valence-electron chi connectivity index (χ0n) is 10.1. The molecule has 0 aliphatic rings. The minimum absolute atomic E-state index is 0.545. The number of nitrogen functional groups attached to an aromatic ring is 1. The van der Waals surface area contributed by atoms with Gasteiger partial charge in [-0.05, 0) is 35.7 Å². The maximum Gasteiger partial charge on any atom is 0.153 e. The fraction of sp³-hybridized carbons (Fsp3) is 0.214. The first-order valence-electron chi connectivity index (χ1n) is 5.74. The van der Waals surface area contributed by atoms with Crippen molar-refractivity contribution < 1.29 is 0 Å². The molecule has 0 radical (unpaired) electrons. The molecule has 3 nitrogen and oxygen atoms in total. The standard InChI is InChI=1S/C14H17N3/c1-10(2)11-5-7-12(8-6-11)17-14-13(15)4-3-9-16-14/h3-10H,15H2,1-2H3,(H,16,17). The third kappa shape index (κ3) is 2.75. The first-order chi connectivity index (χ1) is 8.16. The van der Waals surface area contributed by atoms with Crippen LogP contribution >= 0.6 is 0 Å². The van der Waals surface area contributed by atoms with Crippen LogP contribution in [0, 0.1) is 0 Å². The fourth-order valence-corrected chi connectivity index (χ4v) is 1.61. The summed E-state index contributed by atoms with van der Waals surface area (Å²) in [6, 6.07) is 12.0. The third-order valence-corrected chi connectivity index (χ3v) is 2.68. The molecule has 0 unspecified atom stereocenters. The van der Waals surface area contributed by atoms with Gasteiger partial charge in [0.2, 0.25) is 0 Å². The minimum atomic E-state index is 0.545. The molecule has 2 aromatic rings. The van der Waals surface area contributed by atoms with Crippen molar-refractivity contribution in [3.8, 4) is 0 Å². The number of pyridine rings is 1. The maximum atomic E-state index is 5.82. The van der Waals surface area contributed by atoms with E-state index < -0.39 is 0 Å². The zero-order chi connectivity index (χ0) is 12.3. The molecule has 88 valence electrons. The van der Waals surface area contributed by atoms with Crippen LogP contribution in [-0.2, 0) is 0 Å². The first kappa shape index (κ1) is 11.5. The number of hydrogen-bond donors (Lipinski definition) is 2. The van der Waals surface area contributed by atoms with Gasteiger partial charge < -0.3 is 11.1 Å². The molecule has 1 aromatic carbocycles. The van der Waals surface area contributed by atoms with Crippen molar-refractivity contribution in [1.29, 1.82) is 0 Å². The van der Waals surface area contributed by atoms with E-state index in [1.165, 1.54) is 5.56 Å². The van der Waals surface area contributed by atoms with Gasteiger partial charge in [-0.2, -0.15) is 0 Å². The van der Waals surface area contributed by atoms with E-state index in [-0.39, 0.29) is 0 Å². The fourth-order valence-electron chi connectivity index (χ4n) is 1.61. The highest BCUT2D eigenvalue weighted by atomic mass is 15.0. The smallest absolute Gasteiger partial charge is 0.153 e. The predicted octanol–water partition coefficient (Wildman–Crippen LogP) is 3.53. The van der Waals surface area contributed by atoms with E-state index >= 15 is 0 Å². The SMILES string of the molecule is CC(C)c1ccc(Nc2ncccc2N)cc1. The lowest BCUT2D eigenvalue weighted by Crippen LogP contribution is -1.98. The average Bonchev–Trinajstić information content (AvgIpc) is 2.33. The Morgan fingerprint density at radius 2 is 1.82 bits per heavy atom. The monoisotopic (exact) mass is 227 g/mol. The summed E-state index contributed by atoms with van der Waals surface area (Å²) in [4.78, 5) is 4.19. The van der Waals surface area contributed by atoms with Crippen LogP contribution in [0.1, 0.15) is 25.3 Å². The van der Waals surface area contributed by atoms with E-state index in [9.17, 15) is 0 Å². The van der Waals surface area contributed by atoms with Crippen LogP contribution in [-0.4, -0.2) is 4.98 Å². The second-order valence-electron chi connectivity index (χ2n) is 4.34. The van der Waals surface area contributed by atoms with E-state index in [1.807, 2.05) is 24.3 Å². The van der Waals surface area contributed by atoms with Crippen molar-refractivity contribution in [1.82, 2.24) is 4.98 Å². The van der Waals surface area contributed by atoms with Crippen molar-refractivity contribution in [3.63, 3.8) is 0 Å². The quantitative estimate of drug-likeness (QED) is 0.843. The second-order valence-corrected chi connectivity index (χ2v) is 4.34. The van der Waals surface area contributed by atoms with Crippen LogP contribution in [0.5, 0.6) is 0 Å². The van der Waals surface area contributed by atoms with E-state index in [1.54, 1.807) is 6.20 Å². The van der Waals surface area contributed by atoms with E-state index in [0.717, 1.165) is 5.69 Å². The Labute approximate surface area is 102 Å². The van der Waals surface area contributed by atoms with Crippen LogP contribution in [0.4, 0.5) is 17.2 Å². The molecule has 3 heteroatoms. The normalized spacial score (nSPS) is 10.5. The lowest BCUT2D eigenvalue weighted by molar-refractivity contribution is 0.867. The molecule has 0 saturated heterocycles. The Kier molecular flexibility index (Phi) is 3.28. The van der Waals surface area contributed by atoms with E-state index in [0.29, 0.717) is 17.4 Å². The van der Waals surface area contributed by atoms with Crippen LogP contribution in [0.25, 0.3) is 0 Å². The van der Waals surface area contributed by atoms with Crippen LogP contribution in [0.3, 0.4) is 0 Å². The molecule has 0 atom stereocenters. The van der Waals surface area contributed by atoms with Gasteiger partial charge in [0, 0.05) is 11.9 Å². The van der Waals surface area contributed by atoms with Gasteiger partial charge in [-0.15, -0.1) is 0 Å². The van der Waals surface area contributed by atoms with Gasteiger partial charge in [-0.25, -0.2) is 4.98 Å². The van der Waals surface area contributed by atoms with Gasteiger partial charge in [0.15, 0.2) is 5.82 Å². The Balaban J connectivity index is 2.17. The number of anilines is 3. The number of hydrogen-bond acceptors (Lipinski definition) is 3. The average molecular weight is 227 g/mol. The number of rotatable bonds is 3. The number of nitrogens with one attached hydrogen (secondary N) is 1. The maximum absolute atomic E-state index is 5.82. The van der Waals surface area contributed by atoms with E-state index in [2.05, 4.69) is 36.3 Å². The van der Waals surface area contributed by atoms with Gasteiger partial charge in [0.25, 0.3) is 0 Å². The molecule has 0 amide bonds. The molecule has 2 rings (SSSR count). The summed E-state index contributed by atoms with van der Waals surface area (Å²) in [6.45, 7) is 4.36. The van der Waals surface area contributed by atoms with Crippen molar-refractivity contribution in [2.24, 2.45) is 0 Å². The molecule has 1 aromatic heterocycles. The topological polar surface area (TPSA) is 50.9 Å². The Morgan fingerprint density at radius 3 is 2.41 bits per heavy atom. The summed E-state index contributed by atoms with van der Waals surface area (Å²) in [6.07, 6.45) is 1.72. The molecule has 3 N–H and O–H groups in total. The van der Waals surface area contributed by atoms with E-state index in [4.69, 9.17) is 5.73 Å². The summed E-state index contributed by atoms with van der Waals surface area (Å²) < 4.78 is 0. The van der Waals surface area contributed by atoms with Crippen LogP contribution < -0.4 is 11.1 Å². The van der Waals surface area contributed by atoms with Crippen molar-refractivity contribution >= 4 is 17.2 Å².